The molecule has 0 aliphatic carbocycles. The van der Waals surface area contributed by atoms with Crippen LogP contribution in [0.1, 0.15) is 12.0 Å². The first-order valence-electron chi connectivity index (χ1n) is 8.15. The first-order chi connectivity index (χ1) is 11.7. The van der Waals surface area contributed by atoms with Gasteiger partial charge in [-0.15, -0.1) is 0 Å². The average Bonchev–Trinajstić information content (AvgIpc) is 3.12. The van der Waals surface area contributed by atoms with E-state index in [4.69, 9.17) is 0 Å². The minimum atomic E-state index is -0.153. The number of amides is 3. The number of hydrogen-bond acceptors (Lipinski definition) is 2. The van der Waals surface area contributed by atoms with Gasteiger partial charge in [0.2, 0.25) is 5.91 Å². The van der Waals surface area contributed by atoms with Gasteiger partial charge < -0.3 is 15.5 Å². The highest BCUT2D eigenvalue weighted by atomic mass is 16.2. The average molecular weight is 323 g/mol. The zero-order chi connectivity index (χ0) is 16.8. The largest absolute Gasteiger partial charge is 0.352 e. The second kappa shape index (κ2) is 7.64. The summed E-state index contributed by atoms with van der Waals surface area (Å²) in [5.74, 6) is -0.135. The Labute approximate surface area is 141 Å². The molecule has 124 valence electrons. The highest BCUT2D eigenvalue weighted by Gasteiger charge is 2.30. The van der Waals surface area contributed by atoms with Crippen LogP contribution in [0.5, 0.6) is 0 Å². The molecule has 5 heteroatoms. The Morgan fingerprint density at radius 1 is 1.00 bits per heavy atom. The Hall–Kier alpha value is -2.82. The number of benzene rings is 2. The van der Waals surface area contributed by atoms with Crippen LogP contribution in [0.25, 0.3) is 0 Å². The lowest BCUT2D eigenvalue weighted by molar-refractivity contribution is -0.124. The van der Waals surface area contributed by atoms with Crippen molar-refractivity contribution in [2.45, 2.75) is 13.0 Å². The van der Waals surface area contributed by atoms with E-state index in [1.165, 1.54) is 0 Å². The van der Waals surface area contributed by atoms with E-state index in [9.17, 15) is 9.59 Å². The number of hydrogen-bond donors (Lipinski definition) is 2. The summed E-state index contributed by atoms with van der Waals surface area (Å²) in [5, 5.41) is 5.81. The van der Waals surface area contributed by atoms with Crippen molar-refractivity contribution in [3.8, 4) is 0 Å². The van der Waals surface area contributed by atoms with E-state index >= 15 is 0 Å². The highest BCUT2D eigenvalue weighted by Crippen LogP contribution is 2.18. The molecular formula is C19H21N3O2. The van der Waals surface area contributed by atoms with Gasteiger partial charge in [-0.3, -0.25) is 4.79 Å². The number of carbonyl (C=O) groups excluding carboxylic acids is 2. The third-order valence-corrected chi connectivity index (χ3v) is 4.18. The summed E-state index contributed by atoms with van der Waals surface area (Å²) in [6.45, 7) is 1.58. The number of nitrogens with zero attached hydrogens (tertiary/aromatic N) is 1. The van der Waals surface area contributed by atoms with Crippen LogP contribution in [0.3, 0.4) is 0 Å². The molecule has 2 N–H and O–H groups in total. The fourth-order valence-electron chi connectivity index (χ4n) is 2.81. The van der Waals surface area contributed by atoms with E-state index in [1.807, 2.05) is 60.7 Å². The van der Waals surface area contributed by atoms with Crippen LogP contribution in [0.15, 0.2) is 60.7 Å². The summed E-state index contributed by atoms with van der Waals surface area (Å²) >= 11 is 0. The fraction of sp³-hybridized carbons (Fsp3) is 0.263. The lowest BCUT2D eigenvalue weighted by Crippen LogP contribution is -2.36. The zero-order valence-corrected chi connectivity index (χ0v) is 13.4. The molecule has 2 aromatic rings. The molecule has 0 saturated carbocycles. The van der Waals surface area contributed by atoms with E-state index in [-0.39, 0.29) is 17.9 Å². The summed E-state index contributed by atoms with van der Waals surface area (Å²) in [5.41, 5.74) is 1.84. The SMILES string of the molecule is O=C(NCc1ccccc1)C1CCN(C(=O)Nc2ccccc2)C1. The highest BCUT2D eigenvalue weighted by molar-refractivity contribution is 5.90. The minimum Gasteiger partial charge on any atom is -0.352 e. The summed E-state index contributed by atoms with van der Waals surface area (Å²) in [6.07, 6.45) is 0.697. The molecular weight excluding hydrogens is 302 g/mol. The van der Waals surface area contributed by atoms with Gasteiger partial charge in [-0.1, -0.05) is 48.5 Å². The first kappa shape index (κ1) is 16.1. The molecule has 24 heavy (non-hydrogen) atoms. The van der Waals surface area contributed by atoms with Crippen LogP contribution in [-0.2, 0) is 11.3 Å². The van der Waals surface area contributed by atoms with Crippen molar-refractivity contribution in [1.82, 2.24) is 10.2 Å². The molecule has 2 aromatic carbocycles. The molecule has 0 aromatic heterocycles. The number of likely N-dealkylation sites (tertiary alicyclic amines) is 1. The molecule has 0 bridgehead atoms. The lowest BCUT2D eigenvalue weighted by Gasteiger charge is -2.17. The van der Waals surface area contributed by atoms with Crippen molar-refractivity contribution >= 4 is 17.6 Å². The molecule has 1 fully saturated rings. The van der Waals surface area contributed by atoms with Crippen molar-refractivity contribution in [1.29, 1.82) is 0 Å². The molecule has 0 spiro atoms. The zero-order valence-electron chi connectivity index (χ0n) is 13.4. The van der Waals surface area contributed by atoms with Crippen LogP contribution in [0, 0.1) is 5.92 Å². The number of nitrogens with one attached hydrogen (secondary N) is 2. The summed E-state index contributed by atoms with van der Waals surface area (Å²) in [4.78, 5) is 26.2. The maximum atomic E-state index is 12.3. The number of para-hydroxylation sites is 1. The Morgan fingerprint density at radius 3 is 2.38 bits per heavy atom. The van der Waals surface area contributed by atoms with Crippen LogP contribution < -0.4 is 10.6 Å². The third kappa shape index (κ3) is 4.13. The van der Waals surface area contributed by atoms with Gasteiger partial charge in [-0.2, -0.15) is 0 Å². The molecule has 1 aliphatic rings. The molecule has 1 unspecified atom stereocenters. The maximum absolute atomic E-state index is 12.3. The summed E-state index contributed by atoms with van der Waals surface area (Å²) in [7, 11) is 0. The fourth-order valence-corrected chi connectivity index (χ4v) is 2.81. The maximum Gasteiger partial charge on any atom is 0.321 e. The number of carbonyl (C=O) groups is 2. The van der Waals surface area contributed by atoms with Gasteiger partial charge in [0.25, 0.3) is 0 Å². The lowest BCUT2D eigenvalue weighted by atomic mass is 10.1. The summed E-state index contributed by atoms with van der Waals surface area (Å²) in [6, 6.07) is 19.0. The van der Waals surface area contributed by atoms with Crippen LogP contribution in [0.2, 0.25) is 0 Å². The van der Waals surface area contributed by atoms with E-state index in [1.54, 1.807) is 4.90 Å². The van der Waals surface area contributed by atoms with Gasteiger partial charge >= 0.3 is 6.03 Å². The van der Waals surface area contributed by atoms with E-state index in [2.05, 4.69) is 10.6 Å². The Balaban J connectivity index is 1.47. The van der Waals surface area contributed by atoms with Crippen molar-refractivity contribution in [2.24, 2.45) is 5.92 Å². The second-order valence-electron chi connectivity index (χ2n) is 5.93. The third-order valence-electron chi connectivity index (χ3n) is 4.18. The Bertz CT molecular complexity index is 688. The monoisotopic (exact) mass is 323 g/mol. The Morgan fingerprint density at radius 2 is 1.67 bits per heavy atom. The van der Waals surface area contributed by atoms with Crippen molar-refractivity contribution < 1.29 is 9.59 Å². The van der Waals surface area contributed by atoms with E-state index in [0.717, 1.165) is 11.3 Å². The normalized spacial score (nSPS) is 16.7. The van der Waals surface area contributed by atoms with Gasteiger partial charge in [0, 0.05) is 25.3 Å². The van der Waals surface area contributed by atoms with Crippen molar-refractivity contribution in [3.63, 3.8) is 0 Å². The first-order valence-corrected chi connectivity index (χ1v) is 8.15. The molecule has 0 radical (unpaired) electrons. The van der Waals surface area contributed by atoms with Crippen molar-refractivity contribution in [2.75, 3.05) is 18.4 Å². The molecule has 1 heterocycles. The van der Waals surface area contributed by atoms with Crippen molar-refractivity contribution in [3.05, 3.63) is 66.2 Å². The predicted molar refractivity (Wildman–Crippen MR) is 93.4 cm³/mol. The van der Waals surface area contributed by atoms with Crippen LogP contribution >= 0.6 is 0 Å². The minimum absolute atomic E-state index is 0.00821. The number of rotatable bonds is 4. The number of anilines is 1. The van der Waals surface area contributed by atoms with Gasteiger partial charge in [-0.05, 0) is 24.1 Å². The van der Waals surface area contributed by atoms with Crippen LogP contribution in [-0.4, -0.2) is 29.9 Å². The molecule has 3 rings (SSSR count). The standard InChI is InChI=1S/C19H21N3O2/c23-18(20-13-15-7-3-1-4-8-15)16-11-12-22(14-16)19(24)21-17-9-5-2-6-10-17/h1-10,16H,11-14H2,(H,20,23)(H,21,24). The van der Waals surface area contributed by atoms with Gasteiger partial charge in [0.1, 0.15) is 0 Å². The molecule has 1 aliphatic heterocycles. The molecule has 5 nitrogen and oxygen atoms in total. The number of urea groups is 1. The smallest absolute Gasteiger partial charge is 0.321 e. The van der Waals surface area contributed by atoms with Gasteiger partial charge in [-0.25, -0.2) is 4.79 Å². The summed E-state index contributed by atoms with van der Waals surface area (Å²) < 4.78 is 0. The topological polar surface area (TPSA) is 61.4 Å². The molecule has 3 amide bonds. The molecule has 1 atom stereocenters. The van der Waals surface area contributed by atoms with Gasteiger partial charge in [0.05, 0.1) is 5.92 Å². The Kier molecular flexibility index (Phi) is 5.11. The van der Waals surface area contributed by atoms with Gasteiger partial charge in [0.15, 0.2) is 0 Å². The quantitative estimate of drug-likeness (QED) is 0.909. The predicted octanol–water partition coefficient (Wildman–Crippen LogP) is 2.86. The van der Waals surface area contributed by atoms with E-state index in [0.29, 0.717) is 26.1 Å². The molecule has 1 saturated heterocycles. The van der Waals surface area contributed by atoms with E-state index < -0.39 is 0 Å². The second-order valence-corrected chi connectivity index (χ2v) is 5.93. The van der Waals surface area contributed by atoms with Crippen LogP contribution in [0.4, 0.5) is 10.5 Å².